The van der Waals surface area contributed by atoms with Crippen LogP contribution in [0.25, 0.3) is 0 Å². The van der Waals surface area contributed by atoms with Crippen LogP contribution in [-0.4, -0.2) is 22.4 Å². The lowest BCUT2D eigenvalue weighted by Crippen LogP contribution is -2.44. The monoisotopic (exact) mass is 380 g/mol. The summed E-state index contributed by atoms with van der Waals surface area (Å²) in [6.45, 7) is 4.27. The fourth-order valence-corrected chi connectivity index (χ4v) is 2.93. The van der Waals surface area contributed by atoms with Crippen molar-refractivity contribution in [3.63, 3.8) is 0 Å². The minimum Gasteiger partial charge on any atom is -0.334 e. The van der Waals surface area contributed by atoms with E-state index in [1.54, 1.807) is 42.2 Å². The summed E-state index contributed by atoms with van der Waals surface area (Å²) in [5.41, 5.74) is 1.76. The molecule has 1 atom stereocenters. The van der Waals surface area contributed by atoms with Gasteiger partial charge in [0.15, 0.2) is 0 Å². The second kappa shape index (κ2) is 7.69. The van der Waals surface area contributed by atoms with Crippen molar-refractivity contribution in [1.29, 1.82) is 5.26 Å². The van der Waals surface area contributed by atoms with Gasteiger partial charge in [0.1, 0.15) is 11.4 Å². The van der Waals surface area contributed by atoms with Crippen LogP contribution < -0.4 is 10.6 Å². The Kier molecular flexibility index (Phi) is 5.32. The zero-order valence-corrected chi connectivity index (χ0v) is 15.8. The SMILES string of the molecule is CC[C@](C)(C#N)NC(=O)c1ccc(NC(=O)N2Cc3ccc(F)cc3C2)cc1. The second-order valence-electron chi connectivity index (χ2n) is 7.03. The Morgan fingerprint density at radius 2 is 1.86 bits per heavy atom. The maximum absolute atomic E-state index is 13.3. The van der Waals surface area contributed by atoms with Gasteiger partial charge in [-0.2, -0.15) is 5.26 Å². The lowest BCUT2D eigenvalue weighted by Gasteiger charge is -2.21. The molecule has 6 nitrogen and oxygen atoms in total. The van der Waals surface area contributed by atoms with E-state index >= 15 is 0 Å². The number of carbonyl (C=O) groups excluding carboxylic acids is 2. The highest BCUT2D eigenvalue weighted by atomic mass is 19.1. The van der Waals surface area contributed by atoms with Crippen LogP contribution in [0.3, 0.4) is 0 Å². The molecule has 0 aromatic heterocycles. The predicted octanol–water partition coefficient (Wildman–Crippen LogP) is 3.80. The second-order valence-corrected chi connectivity index (χ2v) is 7.03. The molecule has 0 saturated carbocycles. The van der Waals surface area contributed by atoms with E-state index in [0.717, 1.165) is 11.1 Å². The van der Waals surface area contributed by atoms with Gasteiger partial charge in [-0.1, -0.05) is 13.0 Å². The van der Waals surface area contributed by atoms with E-state index < -0.39 is 5.54 Å². The van der Waals surface area contributed by atoms with Gasteiger partial charge in [0, 0.05) is 24.3 Å². The van der Waals surface area contributed by atoms with Crippen molar-refractivity contribution < 1.29 is 14.0 Å². The number of nitrogens with one attached hydrogen (secondary N) is 2. The molecule has 0 saturated heterocycles. The van der Waals surface area contributed by atoms with Crippen molar-refractivity contribution in [3.05, 3.63) is 65.0 Å². The molecule has 1 heterocycles. The van der Waals surface area contributed by atoms with Gasteiger partial charge in [-0.15, -0.1) is 0 Å². The van der Waals surface area contributed by atoms with E-state index in [4.69, 9.17) is 0 Å². The van der Waals surface area contributed by atoms with Crippen LogP contribution in [0.1, 0.15) is 41.8 Å². The Hall–Kier alpha value is -3.40. The number of amides is 3. The maximum Gasteiger partial charge on any atom is 0.322 e. The Labute approximate surface area is 163 Å². The first-order valence-electron chi connectivity index (χ1n) is 9.00. The van der Waals surface area contributed by atoms with Crippen molar-refractivity contribution in [2.75, 3.05) is 5.32 Å². The van der Waals surface area contributed by atoms with Crippen molar-refractivity contribution in [2.24, 2.45) is 0 Å². The molecule has 28 heavy (non-hydrogen) atoms. The van der Waals surface area contributed by atoms with Gasteiger partial charge >= 0.3 is 6.03 Å². The van der Waals surface area contributed by atoms with E-state index in [1.165, 1.54) is 12.1 Å². The maximum atomic E-state index is 13.3. The number of urea groups is 1. The molecule has 2 aromatic rings. The van der Waals surface area contributed by atoms with Gasteiger partial charge < -0.3 is 15.5 Å². The van der Waals surface area contributed by atoms with Gasteiger partial charge in [0.25, 0.3) is 5.91 Å². The van der Waals surface area contributed by atoms with Gasteiger partial charge in [-0.3, -0.25) is 4.79 Å². The number of hydrogen-bond donors (Lipinski definition) is 2. The first-order chi connectivity index (χ1) is 13.3. The summed E-state index contributed by atoms with van der Waals surface area (Å²) in [7, 11) is 0. The van der Waals surface area contributed by atoms with E-state index in [2.05, 4.69) is 16.7 Å². The normalized spacial score (nSPS) is 14.6. The molecule has 3 amide bonds. The molecule has 2 N–H and O–H groups in total. The number of nitriles is 1. The van der Waals surface area contributed by atoms with Crippen molar-refractivity contribution >= 4 is 17.6 Å². The van der Waals surface area contributed by atoms with E-state index in [9.17, 15) is 19.2 Å². The van der Waals surface area contributed by atoms with E-state index in [-0.39, 0.29) is 17.8 Å². The number of benzene rings is 2. The zero-order chi connectivity index (χ0) is 20.3. The first kappa shape index (κ1) is 19.4. The molecule has 0 aliphatic carbocycles. The molecule has 144 valence electrons. The number of halogens is 1. The van der Waals surface area contributed by atoms with Crippen molar-refractivity contribution in [1.82, 2.24) is 10.2 Å². The molecular weight excluding hydrogens is 359 g/mol. The quantitative estimate of drug-likeness (QED) is 0.846. The van der Waals surface area contributed by atoms with E-state index in [1.807, 2.05) is 6.92 Å². The number of rotatable bonds is 4. The molecule has 3 rings (SSSR count). The third-order valence-electron chi connectivity index (χ3n) is 4.92. The summed E-state index contributed by atoms with van der Waals surface area (Å²) >= 11 is 0. The molecule has 2 aromatic carbocycles. The molecule has 0 fully saturated rings. The smallest absolute Gasteiger partial charge is 0.322 e. The highest BCUT2D eigenvalue weighted by Gasteiger charge is 2.25. The third kappa shape index (κ3) is 4.12. The summed E-state index contributed by atoms with van der Waals surface area (Å²) in [5, 5.41) is 14.7. The Morgan fingerprint density at radius 3 is 2.50 bits per heavy atom. The van der Waals surface area contributed by atoms with Crippen LogP contribution in [0.2, 0.25) is 0 Å². The fourth-order valence-electron chi connectivity index (χ4n) is 2.93. The molecular formula is C21H21FN4O2. The summed E-state index contributed by atoms with van der Waals surface area (Å²) in [5.74, 6) is -0.661. The summed E-state index contributed by atoms with van der Waals surface area (Å²) in [6, 6.07) is 12.8. The van der Waals surface area contributed by atoms with Crippen LogP contribution in [0.15, 0.2) is 42.5 Å². The molecule has 0 unspecified atom stereocenters. The predicted molar refractivity (Wildman–Crippen MR) is 103 cm³/mol. The number of anilines is 1. The minimum atomic E-state index is -0.922. The average molecular weight is 380 g/mol. The van der Waals surface area contributed by atoms with Gasteiger partial charge in [0.05, 0.1) is 6.07 Å². The molecule has 7 heteroatoms. The molecule has 0 radical (unpaired) electrons. The van der Waals surface area contributed by atoms with E-state index in [0.29, 0.717) is 30.8 Å². The van der Waals surface area contributed by atoms with Crippen molar-refractivity contribution in [2.45, 2.75) is 38.9 Å². The minimum absolute atomic E-state index is 0.295. The van der Waals surface area contributed by atoms with Gasteiger partial charge in [-0.25, -0.2) is 9.18 Å². The zero-order valence-electron chi connectivity index (χ0n) is 15.8. The highest BCUT2D eigenvalue weighted by Crippen LogP contribution is 2.24. The van der Waals surface area contributed by atoms with Crippen LogP contribution >= 0.6 is 0 Å². The summed E-state index contributed by atoms with van der Waals surface area (Å²) in [6.07, 6.45) is 0.492. The molecule has 1 aliphatic rings. The highest BCUT2D eigenvalue weighted by molar-refractivity contribution is 5.96. The van der Waals surface area contributed by atoms with Crippen LogP contribution in [0.5, 0.6) is 0 Å². The van der Waals surface area contributed by atoms with Crippen molar-refractivity contribution in [3.8, 4) is 6.07 Å². The largest absolute Gasteiger partial charge is 0.334 e. The Balaban J connectivity index is 1.61. The summed E-state index contributed by atoms with van der Waals surface area (Å²) in [4.78, 5) is 26.3. The summed E-state index contributed by atoms with van der Waals surface area (Å²) < 4.78 is 13.3. The standard InChI is InChI=1S/C21H21FN4O2/c1-3-21(2,13-23)25-19(27)14-5-8-18(9-6-14)24-20(28)26-11-15-4-7-17(22)10-16(15)12-26/h4-10H,3,11-12H2,1-2H3,(H,24,28)(H,25,27)/t21-/m1/s1. The Morgan fingerprint density at radius 1 is 1.18 bits per heavy atom. The fraction of sp³-hybridized carbons (Fsp3) is 0.286. The number of carbonyl (C=O) groups is 2. The number of hydrogen-bond acceptors (Lipinski definition) is 3. The lowest BCUT2D eigenvalue weighted by molar-refractivity contribution is 0.0923. The lowest BCUT2D eigenvalue weighted by atomic mass is 10.0. The average Bonchev–Trinajstić information content (AvgIpc) is 3.11. The van der Waals surface area contributed by atoms with Gasteiger partial charge in [0.2, 0.25) is 0 Å². The topological polar surface area (TPSA) is 85.2 Å². The Bertz CT molecular complexity index is 952. The molecule has 1 aliphatic heterocycles. The molecule has 0 spiro atoms. The van der Waals surface area contributed by atoms with Crippen LogP contribution in [0, 0.1) is 17.1 Å². The van der Waals surface area contributed by atoms with Gasteiger partial charge in [-0.05, 0) is 60.9 Å². The third-order valence-corrected chi connectivity index (χ3v) is 4.92. The van der Waals surface area contributed by atoms with Crippen LogP contribution in [0.4, 0.5) is 14.9 Å². The number of nitrogens with zero attached hydrogens (tertiary/aromatic N) is 2. The van der Waals surface area contributed by atoms with Crippen LogP contribution in [-0.2, 0) is 13.1 Å². The first-order valence-corrected chi connectivity index (χ1v) is 9.00. The molecule has 0 bridgehead atoms. The number of fused-ring (bicyclic) bond motifs is 1.